The number of hydrogen-bond donors (Lipinski definition) is 0. The average molecular weight is 380 g/mol. The highest BCUT2D eigenvalue weighted by molar-refractivity contribution is 5.94. The standard InChI is InChI=1S/C21H21FN4O2/c22-18-6-4-16(5-7-18)20-24-19(25-28-20)8-3-15-2-1-13-26(14-15)21(27)17-9-11-23-12-10-17/h4-7,9-12,15H,1-3,8,13-14H2. The second-order valence-electron chi connectivity index (χ2n) is 7.06. The smallest absolute Gasteiger partial charge is 0.257 e. The number of pyridine rings is 1. The van der Waals surface area contributed by atoms with Gasteiger partial charge in [-0.2, -0.15) is 4.98 Å². The summed E-state index contributed by atoms with van der Waals surface area (Å²) in [6.07, 6.45) is 6.94. The highest BCUT2D eigenvalue weighted by atomic mass is 19.1. The van der Waals surface area contributed by atoms with Crippen LogP contribution < -0.4 is 0 Å². The molecule has 3 heterocycles. The van der Waals surface area contributed by atoms with Crippen LogP contribution in [0.2, 0.25) is 0 Å². The lowest BCUT2D eigenvalue weighted by atomic mass is 9.93. The minimum atomic E-state index is -0.299. The number of carbonyl (C=O) groups is 1. The van der Waals surface area contributed by atoms with Gasteiger partial charge < -0.3 is 9.42 Å². The molecule has 6 nitrogen and oxygen atoms in total. The Hall–Kier alpha value is -3.09. The van der Waals surface area contributed by atoms with Gasteiger partial charge in [-0.15, -0.1) is 0 Å². The first-order chi connectivity index (χ1) is 13.7. The summed E-state index contributed by atoms with van der Waals surface area (Å²) in [5.74, 6) is 1.20. The maximum Gasteiger partial charge on any atom is 0.257 e. The Labute approximate surface area is 162 Å². The van der Waals surface area contributed by atoms with Gasteiger partial charge in [0.25, 0.3) is 11.8 Å². The Balaban J connectivity index is 1.34. The molecule has 2 aromatic heterocycles. The Morgan fingerprint density at radius 3 is 2.75 bits per heavy atom. The van der Waals surface area contributed by atoms with Crippen LogP contribution in [0.5, 0.6) is 0 Å². The number of aryl methyl sites for hydroxylation is 1. The highest BCUT2D eigenvalue weighted by Gasteiger charge is 2.24. The maximum absolute atomic E-state index is 13.0. The van der Waals surface area contributed by atoms with Crippen LogP contribution in [0.4, 0.5) is 4.39 Å². The van der Waals surface area contributed by atoms with E-state index in [0.29, 0.717) is 35.2 Å². The van der Waals surface area contributed by atoms with Crippen molar-refractivity contribution in [3.63, 3.8) is 0 Å². The summed E-state index contributed by atoms with van der Waals surface area (Å²) in [7, 11) is 0. The van der Waals surface area contributed by atoms with Crippen molar-refractivity contribution in [2.75, 3.05) is 13.1 Å². The topological polar surface area (TPSA) is 72.1 Å². The fourth-order valence-electron chi connectivity index (χ4n) is 3.56. The molecule has 0 N–H and O–H groups in total. The summed E-state index contributed by atoms with van der Waals surface area (Å²) < 4.78 is 18.3. The van der Waals surface area contributed by atoms with E-state index in [2.05, 4.69) is 15.1 Å². The van der Waals surface area contributed by atoms with Crippen molar-refractivity contribution in [3.05, 3.63) is 66.0 Å². The number of nitrogens with zero attached hydrogens (tertiary/aromatic N) is 4. The van der Waals surface area contributed by atoms with Gasteiger partial charge in [-0.25, -0.2) is 4.39 Å². The summed E-state index contributed by atoms with van der Waals surface area (Å²) >= 11 is 0. The number of likely N-dealkylation sites (tertiary alicyclic amines) is 1. The molecule has 0 bridgehead atoms. The zero-order chi connectivity index (χ0) is 19.3. The Bertz CT molecular complexity index is 927. The minimum Gasteiger partial charge on any atom is -0.338 e. The van der Waals surface area contributed by atoms with Gasteiger partial charge in [-0.05, 0) is 61.6 Å². The third-order valence-corrected chi connectivity index (χ3v) is 5.07. The van der Waals surface area contributed by atoms with E-state index < -0.39 is 0 Å². The molecule has 1 aromatic carbocycles. The molecule has 3 aromatic rings. The van der Waals surface area contributed by atoms with Gasteiger partial charge >= 0.3 is 0 Å². The van der Waals surface area contributed by atoms with Crippen LogP contribution in [0.15, 0.2) is 53.3 Å². The third-order valence-electron chi connectivity index (χ3n) is 5.07. The number of amides is 1. The molecule has 1 aliphatic heterocycles. The van der Waals surface area contributed by atoms with E-state index in [4.69, 9.17) is 4.52 Å². The first-order valence-electron chi connectivity index (χ1n) is 9.47. The fourth-order valence-corrected chi connectivity index (χ4v) is 3.56. The van der Waals surface area contributed by atoms with E-state index in [1.54, 1.807) is 36.7 Å². The average Bonchev–Trinajstić information content (AvgIpc) is 3.22. The van der Waals surface area contributed by atoms with E-state index in [0.717, 1.165) is 32.4 Å². The SMILES string of the molecule is O=C(c1ccncc1)N1CCCC(CCc2noc(-c3ccc(F)cc3)n2)C1. The monoisotopic (exact) mass is 380 g/mol. The fraction of sp³-hybridized carbons (Fsp3) is 0.333. The number of carbonyl (C=O) groups excluding carboxylic acids is 1. The molecule has 1 amide bonds. The van der Waals surface area contributed by atoms with E-state index in [9.17, 15) is 9.18 Å². The van der Waals surface area contributed by atoms with Crippen molar-refractivity contribution >= 4 is 5.91 Å². The molecule has 0 saturated carbocycles. The first kappa shape index (κ1) is 18.3. The molecule has 7 heteroatoms. The van der Waals surface area contributed by atoms with E-state index in [1.807, 2.05) is 4.90 Å². The van der Waals surface area contributed by atoms with Crippen LogP contribution in [-0.4, -0.2) is 39.0 Å². The van der Waals surface area contributed by atoms with Crippen molar-refractivity contribution < 1.29 is 13.7 Å². The molecule has 0 radical (unpaired) electrons. The quantitative estimate of drug-likeness (QED) is 0.674. The number of benzene rings is 1. The maximum atomic E-state index is 13.0. The molecule has 1 atom stereocenters. The Morgan fingerprint density at radius 2 is 1.96 bits per heavy atom. The lowest BCUT2D eigenvalue weighted by Gasteiger charge is -2.32. The Kier molecular flexibility index (Phi) is 5.41. The molecule has 28 heavy (non-hydrogen) atoms. The summed E-state index contributed by atoms with van der Waals surface area (Å²) in [6, 6.07) is 9.49. The van der Waals surface area contributed by atoms with Gasteiger partial charge in [0.2, 0.25) is 0 Å². The zero-order valence-corrected chi connectivity index (χ0v) is 15.4. The summed E-state index contributed by atoms with van der Waals surface area (Å²) in [4.78, 5) is 22.9. The lowest BCUT2D eigenvalue weighted by Crippen LogP contribution is -2.40. The number of halogens is 1. The van der Waals surface area contributed by atoms with Gasteiger partial charge in [0.15, 0.2) is 5.82 Å². The van der Waals surface area contributed by atoms with Gasteiger partial charge in [-0.3, -0.25) is 9.78 Å². The van der Waals surface area contributed by atoms with Crippen molar-refractivity contribution in [2.45, 2.75) is 25.7 Å². The second kappa shape index (κ2) is 8.29. The number of piperidine rings is 1. The molecule has 1 fully saturated rings. The van der Waals surface area contributed by atoms with E-state index >= 15 is 0 Å². The normalized spacial score (nSPS) is 16.9. The van der Waals surface area contributed by atoms with Crippen LogP contribution in [0.1, 0.15) is 35.4 Å². The number of rotatable bonds is 5. The molecular formula is C21H21FN4O2. The number of hydrogen-bond acceptors (Lipinski definition) is 5. The van der Waals surface area contributed by atoms with Crippen molar-refractivity contribution in [1.82, 2.24) is 20.0 Å². The van der Waals surface area contributed by atoms with Crippen LogP contribution >= 0.6 is 0 Å². The van der Waals surface area contributed by atoms with Crippen molar-refractivity contribution in [1.29, 1.82) is 0 Å². The summed E-state index contributed by atoms with van der Waals surface area (Å²) in [5, 5.41) is 4.03. The molecule has 1 unspecified atom stereocenters. The predicted molar refractivity (Wildman–Crippen MR) is 101 cm³/mol. The minimum absolute atomic E-state index is 0.0604. The van der Waals surface area contributed by atoms with Gasteiger partial charge in [-0.1, -0.05) is 5.16 Å². The third kappa shape index (κ3) is 4.24. The van der Waals surface area contributed by atoms with Gasteiger partial charge in [0.1, 0.15) is 5.82 Å². The molecule has 0 spiro atoms. The van der Waals surface area contributed by atoms with Crippen LogP contribution in [0.3, 0.4) is 0 Å². The molecule has 0 aliphatic carbocycles. The van der Waals surface area contributed by atoms with Crippen molar-refractivity contribution in [2.24, 2.45) is 5.92 Å². The number of aromatic nitrogens is 3. The molecule has 4 rings (SSSR count). The molecule has 1 saturated heterocycles. The molecular weight excluding hydrogens is 359 g/mol. The van der Waals surface area contributed by atoms with Gasteiger partial charge in [0.05, 0.1) is 0 Å². The lowest BCUT2D eigenvalue weighted by molar-refractivity contribution is 0.0668. The molecule has 144 valence electrons. The van der Waals surface area contributed by atoms with Crippen LogP contribution in [-0.2, 0) is 6.42 Å². The largest absolute Gasteiger partial charge is 0.338 e. The van der Waals surface area contributed by atoms with Crippen LogP contribution in [0, 0.1) is 11.7 Å². The zero-order valence-electron chi connectivity index (χ0n) is 15.4. The highest BCUT2D eigenvalue weighted by Crippen LogP contribution is 2.23. The second-order valence-corrected chi connectivity index (χ2v) is 7.06. The summed E-state index contributed by atoms with van der Waals surface area (Å²) in [6.45, 7) is 1.53. The first-order valence-corrected chi connectivity index (χ1v) is 9.47. The van der Waals surface area contributed by atoms with Crippen molar-refractivity contribution in [3.8, 4) is 11.5 Å². The van der Waals surface area contributed by atoms with E-state index in [1.165, 1.54) is 12.1 Å². The molecule has 1 aliphatic rings. The predicted octanol–water partition coefficient (Wildman–Crippen LogP) is 3.76. The van der Waals surface area contributed by atoms with E-state index in [-0.39, 0.29) is 11.7 Å². The van der Waals surface area contributed by atoms with Crippen LogP contribution in [0.25, 0.3) is 11.5 Å². The van der Waals surface area contributed by atoms with Gasteiger partial charge in [0, 0.05) is 43.0 Å². The summed E-state index contributed by atoms with van der Waals surface area (Å²) in [5.41, 5.74) is 1.38. The Morgan fingerprint density at radius 1 is 1.18 bits per heavy atom.